The van der Waals surface area contributed by atoms with Crippen molar-refractivity contribution < 1.29 is 32.0 Å². The van der Waals surface area contributed by atoms with Gasteiger partial charge in [0.05, 0.1) is 23.3 Å². The summed E-state index contributed by atoms with van der Waals surface area (Å²) < 4.78 is 36.3. The molecule has 10 nitrogen and oxygen atoms in total. The molecule has 1 aromatic carbocycles. The summed E-state index contributed by atoms with van der Waals surface area (Å²) in [5.41, 5.74) is -0.0293. The van der Waals surface area contributed by atoms with Crippen molar-refractivity contribution in [3.63, 3.8) is 0 Å². The number of imide groups is 1. The number of hydrogen-bond donors (Lipinski definition) is 2. The number of amides is 3. The highest BCUT2D eigenvalue weighted by Crippen LogP contribution is 2.17. The van der Waals surface area contributed by atoms with Gasteiger partial charge in [-0.1, -0.05) is 19.9 Å². The van der Waals surface area contributed by atoms with Gasteiger partial charge in [-0.25, -0.2) is 18.0 Å². The number of esters is 1. The van der Waals surface area contributed by atoms with E-state index in [1.54, 1.807) is 26.0 Å². The molecular formula is C19H23N3O7S. The zero-order valence-electron chi connectivity index (χ0n) is 16.6. The molecule has 0 saturated carbocycles. The topological polar surface area (TPSA) is 135 Å². The van der Waals surface area contributed by atoms with Crippen LogP contribution < -0.4 is 10.6 Å². The van der Waals surface area contributed by atoms with Gasteiger partial charge in [0, 0.05) is 13.1 Å². The molecule has 0 fully saturated rings. The van der Waals surface area contributed by atoms with Gasteiger partial charge in [0.2, 0.25) is 10.0 Å². The number of nitrogens with one attached hydrogen (secondary N) is 2. The number of benzene rings is 1. The molecular weight excluding hydrogens is 414 g/mol. The Morgan fingerprint density at radius 1 is 1.10 bits per heavy atom. The third kappa shape index (κ3) is 6.16. The smallest absolute Gasteiger partial charge is 0.338 e. The lowest BCUT2D eigenvalue weighted by Crippen LogP contribution is -2.41. The van der Waals surface area contributed by atoms with Crippen LogP contribution in [0.25, 0.3) is 0 Å². The molecule has 0 unspecified atom stereocenters. The second-order valence-electron chi connectivity index (χ2n) is 6.00. The van der Waals surface area contributed by atoms with E-state index in [1.807, 2.05) is 5.32 Å². The summed E-state index contributed by atoms with van der Waals surface area (Å²) in [4.78, 5) is 35.5. The van der Waals surface area contributed by atoms with Crippen LogP contribution in [0.1, 0.15) is 30.0 Å². The van der Waals surface area contributed by atoms with Crippen LogP contribution >= 0.6 is 0 Å². The van der Waals surface area contributed by atoms with E-state index < -0.39 is 34.5 Å². The number of sulfonamides is 1. The normalized spacial score (nSPS) is 11.2. The first kappa shape index (κ1) is 23.1. The Kier molecular flexibility index (Phi) is 8.13. The van der Waals surface area contributed by atoms with Crippen LogP contribution in [-0.2, 0) is 26.1 Å². The van der Waals surface area contributed by atoms with Gasteiger partial charge < -0.3 is 14.5 Å². The van der Waals surface area contributed by atoms with Crippen LogP contribution in [0, 0.1) is 0 Å². The quantitative estimate of drug-likeness (QED) is 0.568. The molecule has 30 heavy (non-hydrogen) atoms. The minimum absolute atomic E-state index is 0.0293. The van der Waals surface area contributed by atoms with E-state index in [9.17, 15) is 22.8 Å². The van der Waals surface area contributed by atoms with Gasteiger partial charge >= 0.3 is 12.0 Å². The lowest BCUT2D eigenvalue weighted by atomic mass is 10.2. The van der Waals surface area contributed by atoms with Gasteiger partial charge in [-0.05, 0) is 30.3 Å². The zero-order chi connectivity index (χ0) is 22.1. The van der Waals surface area contributed by atoms with Crippen LogP contribution in [-0.4, -0.2) is 50.3 Å². The molecule has 0 aliphatic heterocycles. The maximum absolute atomic E-state index is 12.6. The Hall–Kier alpha value is -3.18. The van der Waals surface area contributed by atoms with Crippen LogP contribution in [0.2, 0.25) is 0 Å². The summed E-state index contributed by atoms with van der Waals surface area (Å²) in [7, 11) is -3.74. The molecule has 1 heterocycles. The molecule has 162 valence electrons. The minimum atomic E-state index is -3.74. The highest BCUT2D eigenvalue weighted by atomic mass is 32.2. The summed E-state index contributed by atoms with van der Waals surface area (Å²) in [6, 6.07) is 7.87. The van der Waals surface area contributed by atoms with Crippen molar-refractivity contribution in [2.45, 2.75) is 25.3 Å². The minimum Gasteiger partial charge on any atom is -0.467 e. The van der Waals surface area contributed by atoms with Gasteiger partial charge in [0.15, 0.2) is 6.61 Å². The number of hydrogen-bond acceptors (Lipinski definition) is 7. The fraction of sp³-hybridized carbons (Fsp3) is 0.316. The van der Waals surface area contributed by atoms with Crippen molar-refractivity contribution >= 4 is 27.9 Å². The molecule has 1 aromatic heterocycles. The monoisotopic (exact) mass is 437 g/mol. The van der Waals surface area contributed by atoms with Gasteiger partial charge in [0.1, 0.15) is 5.76 Å². The predicted octanol–water partition coefficient (Wildman–Crippen LogP) is 1.49. The fourth-order valence-electron chi connectivity index (χ4n) is 2.50. The Morgan fingerprint density at radius 3 is 2.47 bits per heavy atom. The predicted molar refractivity (Wildman–Crippen MR) is 106 cm³/mol. The van der Waals surface area contributed by atoms with E-state index in [0.717, 1.165) is 0 Å². The maximum atomic E-state index is 12.6. The first-order valence-corrected chi connectivity index (χ1v) is 10.6. The van der Waals surface area contributed by atoms with Crippen LogP contribution in [0.5, 0.6) is 0 Å². The number of rotatable bonds is 9. The van der Waals surface area contributed by atoms with Crippen molar-refractivity contribution in [2.75, 3.05) is 19.7 Å². The Bertz CT molecular complexity index is 983. The van der Waals surface area contributed by atoms with Gasteiger partial charge in [-0.3, -0.25) is 10.1 Å². The lowest BCUT2D eigenvalue weighted by molar-refractivity contribution is -0.123. The molecule has 0 spiro atoms. The van der Waals surface area contributed by atoms with E-state index in [1.165, 1.54) is 34.8 Å². The summed E-state index contributed by atoms with van der Waals surface area (Å²) in [5, 5.41) is 4.41. The largest absolute Gasteiger partial charge is 0.467 e. The SMILES string of the molecule is CCN(CC)S(=O)(=O)c1cccc(C(=O)OCC(=O)NC(=O)NCc2ccco2)c1. The van der Waals surface area contributed by atoms with Crippen LogP contribution in [0.4, 0.5) is 4.79 Å². The maximum Gasteiger partial charge on any atom is 0.338 e. The number of carbonyl (C=O) groups excluding carboxylic acids is 3. The molecule has 3 amide bonds. The number of urea groups is 1. The standard InChI is InChI=1S/C19H23N3O7S/c1-3-22(4-2)30(26,27)16-9-5-7-14(11-16)18(24)29-13-17(23)21-19(25)20-12-15-8-6-10-28-15/h5-11H,3-4,12-13H2,1-2H3,(H2,20,21,23,25). The molecule has 0 bridgehead atoms. The fourth-order valence-corrected chi connectivity index (χ4v) is 4.00. The van der Waals surface area contributed by atoms with E-state index in [-0.39, 0.29) is 30.1 Å². The summed E-state index contributed by atoms with van der Waals surface area (Å²) in [5.74, 6) is -1.23. The number of furan rings is 1. The van der Waals surface area contributed by atoms with Crippen LogP contribution in [0.15, 0.2) is 52.0 Å². The van der Waals surface area contributed by atoms with E-state index in [2.05, 4.69) is 5.32 Å². The number of nitrogens with zero attached hydrogens (tertiary/aromatic N) is 1. The average Bonchev–Trinajstić information content (AvgIpc) is 3.25. The average molecular weight is 437 g/mol. The Balaban J connectivity index is 1.90. The summed E-state index contributed by atoms with van der Waals surface area (Å²) in [6.07, 6.45) is 1.45. The van der Waals surface area contributed by atoms with E-state index in [4.69, 9.17) is 9.15 Å². The molecule has 0 aliphatic rings. The molecule has 11 heteroatoms. The van der Waals surface area contributed by atoms with Crippen molar-refractivity contribution in [3.05, 3.63) is 54.0 Å². The first-order valence-electron chi connectivity index (χ1n) is 9.15. The zero-order valence-corrected chi connectivity index (χ0v) is 17.4. The second kappa shape index (κ2) is 10.6. The van der Waals surface area contributed by atoms with Crippen LogP contribution in [0.3, 0.4) is 0 Å². The Labute approximate surface area is 174 Å². The molecule has 0 atom stereocenters. The molecule has 0 radical (unpaired) electrons. The third-order valence-corrected chi connectivity index (χ3v) is 6.05. The summed E-state index contributed by atoms with van der Waals surface area (Å²) in [6.45, 7) is 3.37. The van der Waals surface area contributed by atoms with Crippen molar-refractivity contribution in [1.29, 1.82) is 0 Å². The van der Waals surface area contributed by atoms with Crippen molar-refractivity contribution in [3.8, 4) is 0 Å². The Morgan fingerprint density at radius 2 is 1.83 bits per heavy atom. The molecule has 0 aliphatic carbocycles. The second-order valence-corrected chi connectivity index (χ2v) is 7.94. The summed E-state index contributed by atoms with van der Waals surface area (Å²) >= 11 is 0. The van der Waals surface area contributed by atoms with E-state index in [0.29, 0.717) is 5.76 Å². The number of ether oxygens (including phenoxy) is 1. The van der Waals surface area contributed by atoms with Gasteiger partial charge in [-0.2, -0.15) is 4.31 Å². The van der Waals surface area contributed by atoms with Crippen molar-refractivity contribution in [1.82, 2.24) is 14.9 Å². The number of carbonyl (C=O) groups is 3. The third-order valence-electron chi connectivity index (χ3n) is 4.00. The lowest BCUT2D eigenvalue weighted by Gasteiger charge is -2.18. The molecule has 2 aromatic rings. The van der Waals surface area contributed by atoms with Gasteiger partial charge in [-0.15, -0.1) is 0 Å². The van der Waals surface area contributed by atoms with Gasteiger partial charge in [0.25, 0.3) is 5.91 Å². The molecule has 2 N–H and O–H groups in total. The van der Waals surface area contributed by atoms with Crippen molar-refractivity contribution in [2.24, 2.45) is 0 Å². The highest BCUT2D eigenvalue weighted by molar-refractivity contribution is 7.89. The molecule has 0 saturated heterocycles. The highest BCUT2D eigenvalue weighted by Gasteiger charge is 2.23. The molecule has 2 rings (SSSR count). The van der Waals surface area contributed by atoms with E-state index >= 15 is 0 Å². The first-order chi connectivity index (χ1) is 14.3.